The molecule has 0 spiro atoms. The van der Waals surface area contributed by atoms with Gasteiger partial charge in [0.05, 0.1) is 6.61 Å². The van der Waals surface area contributed by atoms with Gasteiger partial charge in [-0.15, -0.1) is 0 Å². The van der Waals surface area contributed by atoms with Crippen molar-refractivity contribution < 1.29 is 9.53 Å². The van der Waals surface area contributed by atoms with E-state index in [1.54, 1.807) is 4.90 Å². The highest BCUT2D eigenvalue weighted by Gasteiger charge is 2.23. The van der Waals surface area contributed by atoms with Crippen molar-refractivity contribution in [2.75, 3.05) is 25.0 Å². The van der Waals surface area contributed by atoms with E-state index in [9.17, 15) is 4.79 Å². The Balaban J connectivity index is 1.82. The maximum absolute atomic E-state index is 11.6. The number of nitrogens with zero attached hydrogens (tertiary/aromatic N) is 1. The van der Waals surface area contributed by atoms with Gasteiger partial charge in [0.1, 0.15) is 0 Å². The highest BCUT2D eigenvalue weighted by atomic mass is 16.6. The van der Waals surface area contributed by atoms with Crippen LogP contribution in [0.3, 0.4) is 0 Å². The molecule has 4 nitrogen and oxygen atoms in total. The van der Waals surface area contributed by atoms with Crippen LogP contribution in [0, 0.1) is 0 Å². The average molecular weight is 290 g/mol. The third-order valence-electron chi connectivity index (χ3n) is 3.97. The molecule has 0 radical (unpaired) electrons. The van der Waals surface area contributed by atoms with Crippen LogP contribution < -0.4 is 5.32 Å². The predicted octanol–water partition coefficient (Wildman–Crippen LogP) is 3.84. The summed E-state index contributed by atoms with van der Waals surface area (Å²) in [5.74, 6) is 0.562. The first-order valence-electron chi connectivity index (χ1n) is 7.88. The summed E-state index contributed by atoms with van der Waals surface area (Å²) in [7, 11) is 0. The smallest absolute Gasteiger partial charge is 0.409 e. The molecule has 2 rings (SSSR count). The van der Waals surface area contributed by atoms with Crippen molar-refractivity contribution in [1.29, 1.82) is 0 Å². The van der Waals surface area contributed by atoms with Gasteiger partial charge in [-0.3, -0.25) is 0 Å². The van der Waals surface area contributed by atoms with Crippen LogP contribution >= 0.6 is 0 Å². The molecule has 0 saturated carbocycles. The predicted molar refractivity (Wildman–Crippen MR) is 85.8 cm³/mol. The summed E-state index contributed by atoms with van der Waals surface area (Å²) in [4.78, 5) is 13.4. The lowest BCUT2D eigenvalue weighted by Gasteiger charge is -2.32. The average Bonchev–Trinajstić information content (AvgIpc) is 2.49. The molecular weight excluding hydrogens is 264 g/mol. The third-order valence-corrected chi connectivity index (χ3v) is 3.97. The summed E-state index contributed by atoms with van der Waals surface area (Å²) in [5.41, 5.74) is 2.52. The molecule has 1 heterocycles. The van der Waals surface area contributed by atoms with E-state index in [1.165, 1.54) is 5.56 Å². The number of amides is 1. The maximum atomic E-state index is 11.6. The van der Waals surface area contributed by atoms with Crippen LogP contribution in [0.4, 0.5) is 10.5 Å². The Bertz CT molecular complexity index is 448. The normalized spacial score (nSPS) is 16.1. The topological polar surface area (TPSA) is 41.6 Å². The number of piperidine rings is 1. The Morgan fingerprint density at radius 1 is 1.29 bits per heavy atom. The first kappa shape index (κ1) is 15.7. The van der Waals surface area contributed by atoms with E-state index >= 15 is 0 Å². The van der Waals surface area contributed by atoms with E-state index in [1.807, 2.05) is 6.92 Å². The molecule has 4 heteroatoms. The van der Waals surface area contributed by atoms with E-state index in [0.717, 1.165) is 31.6 Å². The summed E-state index contributed by atoms with van der Waals surface area (Å²) in [6.45, 7) is 8.22. The zero-order valence-electron chi connectivity index (χ0n) is 13.3. The zero-order chi connectivity index (χ0) is 15.2. The second-order valence-electron chi connectivity index (χ2n) is 5.88. The fourth-order valence-corrected chi connectivity index (χ4v) is 2.62. The lowest BCUT2D eigenvalue weighted by molar-refractivity contribution is 0.0983. The van der Waals surface area contributed by atoms with Crippen molar-refractivity contribution in [1.82, 2.24) is 4.90 Å². The minimum Gasteiger partial charge on any atom is -0.450 e. The van der Waals surface area contributed by atoms with E-state index in [2.05, 4.69) is 43.4 Å². The van der Waals surface area contributed by atoms with Gasteiger partial charge in [-0.25, -0.2) is 4.79 Å². The first-order chi connectivity index (χ1) is 10.1. The molecule has 1 aromatic rings. The molecule has 1 aliphatic rings. The minimum atomic E-state index is -0.183. The minimum absolute atomic E-state index is 0.183. The summed E-state index contributed by atoms with van der Waals surface area (Å²) in [6.07, 6.45) is 1.74. The number of benzene rings is 1. The van der Waals surface area contributed by atoms with Crippen molar-refractivity contribution in [3.8, 4) is 0 Å². The van der Waals surface area contributed by atoms with Crippen LogP contribution in [0.15, 0.2) is 24.3 Å². The Hall–Kier alpha value is -1.71. The second kappa shape index (κ2) is 7.34. The van der Waals surface area contributed by atoms with Gasteiger partial charge in [-0.05, 0) is 43.4 Å². The van der Waals surface area contributed by atoms with Crippen LogP contribution in [0.1, 0.15) is 45.1 Å². The van der Waals surface area contributed by atoms with Gasteiger partial charge < -0.3 is 15.0 Å². The Morgan fingerprint density at radius 2 is 1.90 bits per heavy atom. The number of carbonyl (C=O) groups excluding carboxylic acids is 1. The van der Waals surface area contributed by atoms with Crippen LogP contribution in [0.2, 0.25) is 0 Å². The summed E-state index contributed by atoms with van der Waals surface area (Å²) >= 11 is 0. The number of anilines is 1. The van der Waals surface area contributed by atoms with E-state index < -0.39 is 0 Å². The first-order valence-corrected chi connectivity index (χ1v) is 7.88. The van der Waals surface area contributed by atoms with Crippen molar-refractivity contribution in [2.24, 2.45) is 0 Å². The standard InChI is InChI=1S/C17H26N2O2/c1-4-21-17(20)19-11-9-16(10-12-19)18-15-7-5-14(6-8-15)13(2)3/h5-8,13,16,18H,4,9-12H2,1-3H3. The van der Waals surface area contributed by atoms with E-state index in [0.29, 0.717) is 18.6 Å². The highest BCUT2D eigenvalue weighted by Crippen LogP contribution is 2.20. The lowest BCUT2D eigenvalue weighted by atomic mass is 10.0. The zero-order valence-corrected chi connectivity index (χ0v) is 13.3. The lowest BCUT2D eigenvalue weighted by Crippen LogP contribution is -2.42. The number of rotatable bonds is 4. The summed E-state index contributed by atoms with van der Waals surface area (Å²) in [6, 6.07) is 9.09. The van der Waals surface area contributed by atoms with Crippen molar-refractivity contribution >= 4 is 11.8 Å². The molecule has 1 aromatic carbocycles. The third kappa shape index (κ3) is 4.38. The number of nitrogens with one attached hydrogen (secondary N) is 1. The van der Waals surface area contributed by atoms with Crippen molar-refractivity contribution in [3.63, 3.8) is 0 Å². The van der Waals surface area contributed by atoms with E-state index in [-0.39, 0.29) is 6.09 Å². The molecule has 0 aliphatic carbocycles. The quantitative estimate of drug-likeness (QED) is 0.916. The highest BCUT2D eigenvalue weighted by molar-refractivity contribution is 5.67. The molecule has 1 N–H and O–H groups in total. The van der Waals surface area contributed by atoms with E-state index in [4.69, 9.17) is 4.74 Å². The van der Waals surface area contributed by atoms with Gasteiger partial charge in [-0.1, -0.05) is 26.0 Å². The Labute approximate surface area is 127 Å². The second-order valence-corrected chi connectivity index (χ2v) is 5.88. The summed E-state index contributed by atoms with van der Waals surface area (Å²) in [5, 5.41) is 3.56. The number of hydrogen-bond acceptors (Lipinski definition) is 3. The molecule has 0 bridgehead atoms. The number of carbonyl (C=O) groups is 1. The molecule has 0 unspecified atom stereocenters. The molecule has 0 atom stereocenters. The van der Waals surface area contributed by atoms with Crippen LogP contribution in [-0.2, 0) is 4.74 Å². The van der Waals surface area contributed by atoms with Crippen molar-refractivity contribution in [3.05, 3.63) is 29.8 Å². The maximum Gasteiger partial charge on any atom is 0.409 e. The van der Waals surface area contributed by atoms with Crippen molar-refractivity contribution in [2.45, 2.75) is 45.6 Å². The molecule has 1 amide bonds. The van der Waals surface area contributed by atoms with Gasteiger partial charge in [0.25, 0.3) is 0 Å². The Morgan fingerprint density at radius 3 is 2.43 bits per heavy atom. The van der Waals surface area contributed by atoms with Crippen LogP contribution in [0.25, 0.3) is 0 Å². The number of likely N-dealkylation sites (tertiary alicyclic amines) is 1. The molecule has 116 valence electrons. The van der Waals surface area contributed by atoms with Gasteiger partial charge in [0.2, 0.25) is 0 Å². The molecule has 1 saturated heterocycles. The van der Waals surface area contributed by atoms with Gasteiger partial charge in [-0.2, -0.15) is 0 Å². The largest absolute Gasteiger partial charge is 0.450 e. The number of hydrogen-bond donors (Lipinski definition) is 1. The fraction of sp³-hybridized carbons (Fsp3) is 0.588. The van der Waals surface area contributed by atoms with Gasteiger partial charge in [0, 0.05) is 24.8 Å². The van der Waals surface area contributed by atoms with Crippen LogP contribution in [0.5, 0.6) is 0 Å². The molecule has 1 fully saturated rings. The molecule has 0 aromatic heterocycles. The molecule has 21 heavy (non-hydrogen) atoms. The summed E-state index contributed by atoms with van der Waals surface area (Å²) < 4.78 is 5.04. The van der Waals surface area contributed by atoms with Gasteiger partial charge >= 0.3 is 6.09 Å². The Kier molecular flexibility index (Phi) is 5.48. The SMILES string of the molecule is CCOC(=O)N1CCC(Nc2ccc(C(C)C)cc2)CC1. The fourth-order valence-electron chi connectivity index (χ4n) is 2.62. The monoisotopic (exact) mass is 290 g/mol. The van der Waals surface area contributed by atoms with Gasteiger partial charge in [0.15, 0.2) is 0 Å². The van der Waals surface area contributed by atoms with Crippen LogP contribution in [-0.4, -0.2) is 36.7 Å². The molecule has 1 aliphatic heterocycles. The molecular formula is C17H26N2O2. The number of ether oxygens (including phenoxy) is 1.